The van der Waals surface area contributed by atoms with Crippen molar-refractivity contribution in [2.75, 3.05) is 25.1 Å². The van der Waals surface area contributed by atoms with E-state index in [1.807, 2.05) is 114 Å². The molecule has 7 atom stereocenters. The van der Waals surface area contributed by atoms with E-state index in [9.17, 15) is 10.2 Å². The number of carbonyl (C=O) groups is 3. The molecule has 61 heavy (non-hydrogen) atoms. The van der Waals surface area contributed by atoms with Crippen molar-refractivity contribution in [1.82, 2.24) is 10.2 Å². The van der Waals surface area contributed by atoms with Gasteiger partial charge in [-0.1, -0.05) is 121 Å². The molecule has 5 aromatic rings. The summed E-state index contributed by atoms with van der Waals surface area (Å²) in [6.07, 6.45) is 4.41. The van der Waals surface area contributed by atoms with Crippen molar-refractivity contribution in [3.63, 3.8) is 0 Å². The number of fused-ring (bicyclic) bond motifs is 3. The molecule has 2 saturated heterocycles. The van der Waals surface area contributed by atoms with E-state index in [0.717, 1.165) is 42.4 Å². The average molecular weight is 814 g/mol. The van der Waals surface area contributed by atoms with Crippen LogP contribution >= 0.6 is 0 Å². The van der Waals surface area contributed by atoms with Crippen LogP contribution in [0.4, 0.5) is 5.69 Å². The smallest absolute Gasteiger partial charge is 0.324 e. The molecule has 308 valence electrons. The van der Waals surface area contributed by atoms with Crippen molar-refractivity contribution < 1.29 is 34.1 Å². The van der Waals surface area contributed by atoms with E-state index in [2.05, 4.69) is 28.6 Å². The van der Waals surface area contributed by atoms with E-state index in [-0.39, 0.29) is 19.8 Å². The molecule has 1 aliphatic carbocycles. The standard InChI is InChI=1S/C51H47N3O7/c55-29-30-60-39-26-24-38(25-27-39)47-51(40-31-34(23-28-41(40)53-50(51)59)22-21-33-13-5-1-6-14-33)43(48(57)52-32-42(56)35-15-7-2-8-16-35)45-49(58)61-46(37-19-11-4-12-20-37)44(54(45)47)36-17-9-3-10-18-36/h2-4,7-13,15-20,23-28,31,42-47,55-56H,1,5-6,14,29-30,32H2,(H,52,57)(H,53,59). The van der Waals surface area contributed by atoms with Gasteiger partial charge in [0.25, 0.3) is 0 Å². The zero-order valence-electron chi connectivity index (χ0n) is 33.6. The number of hydrogen-bond acceptors (Lipinski definition) is 8. The number of carbonyl (C=O) groups excluding carboxylic acids is 3. The molecular weight excluding hydrogens is 767 g/mol. The van der Waals surface area contributed by atoms with E-state index in [0.29, 0.717) is 33.7 Å². The van der Waals surface area contributed by atoms with Crippen molar-refractivity contribution in [2.45, 2.75) is 61.4 Å². The molecule has 9 rings (SSSR count). The molecular formula is C51H47N3O7. The van der Waals surface area contributed by atoms with Crippen LogP contribution in [0.25, 0.3) is 0 Å². The quantitative estimate of drug-likeness (QED) is 0.0872. The summed E-state index contributed by atoms with van der Waals surface area (Å²) in [5, 5.41) is 26.9. The summed E-state index contributed by atoms with van der Waals surface area (Å²) >= 11 is 0. The fraction of sp³-hybridized carbons (Fsp3) is 0.275. The Bertz CT molecular complexity index is 2500. The number of morpholine rings is 1. The van der Waals surface area contributed by atoms with Gasteiger partial charge in [0.1, 0.15) is 29.9 Å². The van der Waals surface area contributed by atoms with Crippen LogP contribution < -0.4 is 15.4 Å². The second-order valence-corrected chi connectivity index (χ2v) is 16.0. The Labute approximate surface area is 355 Å². The third kappa shape index (κ3) is 7.39. The maximum absolute atomic E-state index is 15.5. The number of aliphatic hydroxyl groups excluding tert-OH is 2. The first-order valence-electron chi connectivity index (χ1n) is 21.0. The minimum absolute atomic E-state index is 0.0924. The van der Waals surface area contributed by atoms with Gasteiger partial charge < -0.3 is 30.3 Å². The number of rotatable bonds is 10. The van der Waals surface area contributed by atoms with Crippen LogP contribution in [0.5, 0.6) is 5.75 Å². The zero-order chi connectivity index (χ0) is 41.9. The van der Waals surface area contributed by atoms with E-state index < -0.39 is 59.5 Å². The predicted molar refractivity (Wildman–Crippen MR) is 230 cm³/mol. The molecule has 10 heteroatoms. The highest BCUT2D eigenvalue weighted by Gasteiger charge is 2.74. The van der Waals surface area contributed by atoms with Gasteiger partial charge >= 0.3 is 5.97 Å². The van der Waals surface area contributed by atoms with Crippen LogP contribution in [0.2, 0.25) is 0 Å². The van der Waals surface area contributed by atoms with Gasteiger partial charge in [-0.2, -0.15) is 0 Å². The number of cyclic esters (lactones) is 1. The lowest BCUT2D eigenvalue weighted by Gasteiger charge is -2.46. The Morgan fingerprint density at radius 1 is 0.852 bits per heavy atom. The molecule has 0 saturated carbocycles. The summed E-state index contributed by atoms with van der Waals surface area (Å²) in [5.41, 5.74) is 3.95. The highest BCUT2D eigenvalue weighted by molar-refractivity contribution is 6.12. The van der Waals surface area contributed by atoms with E-state index in [4.69, 9.17) is 9.47 Å². The van der Waals surface area contributed by atoms with Gasteiger partial charge in [0.05, 0.1) is 30.7 Å². The molecule has 10 nitrogen and oxygen atoms in total. The van der Waals surface area contributed by atoms with Gasteiger partial charge in [-0.05, 0) is 89.4 Å². The van der Waals surface area contributed by atoms with Crippen molar-refractivity contribution in [3.8, 4) is 17.6 Å². The molecule has 4 N–H and O–H groups in total. The van der Waals surface area contributed by atoms with Crippen LogP contribution in [-0.4, -0.2) is 58.7 Å². The second-order valence-electron chi connectivity index (χ2n) is 16.0. The van der Waals surface area contributed by atoms with Crippen LogP contribution in [0.1, 0.15) is 83.4 Å². The minimum atomic E-state index is -1.71. The number of amides is 2. The Hall–Kier alpha value is -6.51. The summed E-state index contributed by atoms with van der Waals surface area (Å²) in [7, 11) is 0. The molecule has 2 amide bonds. The number of allylic oxidation sites excluding steroid dienone is 2. The predicted octanol–water partition coefficient (Wildman–Crippen LogP) is 7.03. The molecule has 0 aromatic heterocycles. The second kappa shape index (κ2) is 17.2. The molecule has 1 spiro atoms. The summed E-state index contributed by atoms with van der Waals surface area (Å²) in [4.78, 5) is 47.9. The number of esters is 1. The molecule has 2 fully saturated rings. The molecule has 4 aliphatic rings. The lowest BCUT2D eigenvalue weighted by Crippen LogP contribution is -2.55. The zero-order valence-corrected chi connectivity index (χ0v) is 33.6. The topological polar surface area (TPSA) is 137 Å². The molecule has 0 radical (unpaired) electrons. The van der Waals surface area contributed by atoms with E-state index in [1.165, 1.54) is 0 Å². The van der Waals surface area contributed by atoms with E-state index >= 15 is 14.4 Å². The molecule has 5 aromatic carbocycles. The highest BCUT2D eigenvalue weighted by Crippen LogP contribution is 2.64. The maximum atomic E-state index is 15.5. The summed E-state index contributed by atoms with van der Waals surface area (Å²) in [5.74, 6) is 4.22. The summed E-state index contributed by atoms with van der Waals surface area (Å²) in [6.45, 7) is -0.238. The highest BCUT2D eigenvalue weighted by atomic mass is 16.6. The van der Waals surface area contributed by atoms with Crippen molar-refractivity contribution in [1.29, 1.82) is 0 Å². The summed E-state index contributed by atoms with van der Waals surface area (Å²) in [6, 6.07) is 38.3. The average Bonchev–Trinajstić information content (AvgIpc) is 3.79. The van der Waals surface area contributed by atoms with Crippen molar-refractivity contribution >= 4 is 23.5 Å². The first-order valence-corrected chi connectivity index (χ1v) is 21.0. The Morgan fingerprint density at radius 3 is 2.25 bits per heavy atom. The third-order valence-corrected chi connectivity index (χ3v) is 12.5. The minimum Gasteiger partial charge on any atom is -0.491 e. The van der Waals surface area contributed by atoms with Crippen LogP contribution in [0.3, 0.4) is 0 Å². The Morgan fingerprint density at radius 2 is 1.56 bits per heavy atom. The Kier molecular flexibility index (Phi) is 11.3. The number of benzene rings is 5. The fourth-order valence-electron chi connectivity index (χ4n) is 9.79. The Balaban J connectivity index is 1.27. The number of nitrogens with zero attached hydrogens (tertiary/aromatic N) is 1. The molecule has 0 bridgehead atoms. The van der Waals surface area contributed by atoms with Crippen LogP contribution in [-0.2, 0) is 24.5 Å². The number of hydrogen-bond donors (Lipinski definition) is 4. The number of nitrogens with one attached hydrogen (secondary N) is 2. The largest absolute Gasteiger partial charge is 0.491 e. The monoisotopic (exact) mass is 813 g/mol. The van der Waals surface area contributed by atoms with Gasteiger partial charge in [-0.15, -0.1) is 0 Å². The normalized spacial score (nSPS) is 24.6. The number of ether oxygens (including phenoxy) is 2. The van der Waals surface area contributed by atoms with Gasteiger partial charge in [0, 0.05) is 17.8 Å². The van der Waals surface area contributed by atoms with Crippen molar-refractivity contribution in [3.05, 3.63) is 178 Å². The lowest BCUT2D eigenvalue weighted by atomic mass is 9.65. The van der Waals surface area contributed by atoms with Crippen LogP contribution in [0.15, 0.2) is 145 Å². The molecule has 7 unspecified atom stereocenters. The van der Waals surface area contributed by atoms with E-state index in [1.54, 1.807) is 24.3 Å². The SMILES string of the molecule is O=C1OC(c2ccccc2)C(c2ccccc2)N2C1C(C(=O)NCC(O)c1ccccc1)C1(C(=O)Nc3ccc(C#CC4=CCCCC4)cc31)C2c1ccc(OCCO)cc1. The first kappa shape index (κ1) is 39.9. The molecule has 3 heterocycles. The molecule has 3 aliphatic heterocycles. The third-order valence-electron chi connectivity index (χ3n) is 12.5. The van der Waals surface area contributed by atoms with Gasteiger partial charge in [-0.3, -0.25) is 19.3 Å². The van der Waals surface area contributed by atoms with Gasteiger partial charge in [0.15, 0.2) is 0 Å². The summed E-state index contributed by atoms with van der Waals surface area (Å²) < 4.78 is 12.3. The van der Waals surface area contributed by atoms with Crippen molar-refractivity contribution in [2.24, 2.45) is 5.92 Å². The first-order chi connectivity index (χ1) is 29.9. The van der Waals surface area contributed by atoms with Crippen LogP contribution in [0, 0.1) is 17.8 Å². The lowest BCUT2D eigenvalue weighted by molar-refractivity contribution is -0.178. The van der Waals surface area contributed by atoms with Gasteiger partial charge in [0.2, 0.25) is 11.8 Å². The number of aliphatic hydroxyl groups is 2. The number of anilines is 1. The fourth-order valence-corrected chi connectivity index (χ4v) is 9.79. The van der Waals surface area contributed by atoms with Gasteiger partial charge in [-0.25, -0.2) is 0 Å². The maximum Gasteiger partial charge on any atom is 0.324 e.